The van der Waals surface area contributed by atoms with Crippen LogP contribution >= 0.6 is 0 Å². The molecule has 144 valence electrons. The van der Waals surface area contributed by atoms with Crippen LogP contribution in [-0.2, 0) is 12.8 Å². The number of unbranched alkanes of at least 4 members (excludes halogenated alkanes) is 2. The standard InChI is InChI=1S/C21H35N5/c1-2-3-4-10-24-11-8-19-20(9-12-24)22-17-23-21(19)26-15-13-25(14-16-26)18-6-5-7-18/h17-18H,2-16H2,1H3. The van der Waals surface area contributed by atoms with Gasteiger partial charge in [-0.1, -0.05) is 26.2 Å². The predicted molar refractivity (Wildman–Crippen MR) is 107 cm³/mol. The molecule has 0 atom stereocenters. The third-order valence-electron chi connectivity index (χ3n) is 6.64. The molecule has 0 spiro atoms. The van der Waals surface area contributed by atoms with Gasteiger partial charge >= 0.3 is 0 Å². The number of piperazine rings is 1. The van der Waals surface area contributed by atoms with Crippen LogP contribution in [0.1, 0.15) is 56.7 Å². The average molecular weight is 358 g/mol. The summed E-state index contributed by atoms with van der Waals surface area (Å²) >= 11 is 0. The van der Waals surface area contributed by atoms with Crippen molar-refractivity contribution in [2.24, 2.45) is 0 Å². The van der Waals surface area contributed by atoms with Gasteiger partial charge in [-0.15, -0.1) is 0 Å². The third-order valence-corrected chi connectivity index (χ3v) is 6.64. The molecule has 0 amide bonds. The number of nitrogens with zero attached hydrogens (tertiary/aromatic N) is 5. The summed E-state index contributed by atoms with van der Waals surface area (Å²) in [6.07, 6.45) is 12.2. The number of hydrogen-bond acceptors (Lipinski definition) is 5. The maximum absolute atomic E-state index is 4.74. The third kappa shape index (κ3) is 4.04. The summed E-state index contributed by atoms with van der Waals surface area (Å²) in [5.41, 5.74) is 2.73. The molecule has 0 N–H and O–H groups in total. The number of fused-ring (bicyclic) bond motifs is 1. The number of hydrogen-bond donors (Lipinski definition) is 0. The molecule has 3 heterocycles. The van der Waals surface area contributed by atoms with Crippen molar-refractivity contribution in [3.63, 3.8) is 0 Å². The lowest BCUT2D eigenvalue weighted by atomic mass is 9.91. The van der Waals surface area contributed by atoms with Gasteiger partial charge in [-0.2, -0.15) is 0 Å². The number of rotatable bonds is 6. The molecule has 2 fully saturated rings. The normalized spacial score (nSPS) is 22.7. The van der Waals surface area contributed by atoms with Crippen LogP contribution in [0.4, 0.5) is 5.82 Å². The van der Waals surface area contributed by atoms with E-state index in [1.54, 1.807) is 6.33 Å². The van der Waals surface area contributed by atoms with Crippen LogP contribution in [0, 0.1) is 0 Å². The van der Waals surface area contributed by atoms with Crippen LogP contribution in [0.5, 0.6) is 0 Å². The van der Waals surface area contributed by atoms with Crippen LogP contribution in [0.25, 0.3) is 0 Å². The summed E-state index contributed by atoms with van der Waals surface area (Å²) in [6, 6.07) is 0.872. The summed E-state index contributed by atoms with van der Waals surface area (Å²) < 4.78 is 0. The molecule has 1 saturated carbocycles. The highest BCUT2D eigenvalue weighted by molar-refractivity contribution is 5.49. The van der Waals surface area contributed by atoms with Crippen LogP contribution in [0.2, 0.25) is 0 Å². The molecule has 0 radical (unpaired) electrons. The van der Waals surface area contributed by atoms with Crippen LogP contribution in [-0.4, -0.2) is 71.6 Å². The lowest BCUT2D eigenvalue weighted by Gasteiger charge is -2.43. The Morgan fingerprint density at radius 2 is 1.77 bits per heavy atom. The van der Waals surface area contributed by atoms with E-state index in [2.05, 4.69) is 26.6 Å². The van der Waals surface area contributed by atoms with Crippen molar-refractivity contribution >= 4 is 5.82 Å². The van der Waals surface area contributed by atoms with Crippen LogP contribution in [0.3, 0.4) is 0 Å². The Morgan fingerprint density at radius 1 is 0.962 bits per heavy atom. The molecule has 0 unspecified atom stereocenters. The van der Waals surface area contributed by atoms with Gasteiger partial charge < -0.3 is 9.80 Å². The quantitative estimate of drug-likeness (QED) is 0.732. The molecule has 5 nitrogen and oxygen atoms in total. The summed E-state index contributed by atoms with van der Waals surface area (Å²) in [6.45, 7) is 10.5. The number of anilines is 1. The fraction of sp³-hybridized carbons (Fsp3) is 0.810. The maximum atomic E-state index is 4.74. The van der Waals surface area contributed by atoms with Crippen molar-refractivity contribution in [3.8, 4) is 0 Å². The minimum Gasteiger partial charge on any atom is -0.354 e. The number of aromatic nitrogens is 2. The van der Waals surface area contributed by atoms with E-state index in [-0.39, 0.29) is 0 Å². The molecule has 2 aliphatic heterocycles. The first-order valence-corrected chi connectivity index (χ1v) is 10.9. The fourth-order valence-corrected chi connectivity index (χ4v) is 4.69. The highest BCUT2D eigenvalue weighted by Gasteiger charge is 2.29. The van der Waals surface area contributed by atoms with Gasteiger partial charge in [0.2, 0.25) is 0 Å². The Morgan fingerprint density at radius 3 is 2.50 bits per heavy atom. The molecule has 1 aliphatic carbocycles. The molecule has 1 saturated heterocycles. The summed E-state index contributed by atoms with van der Waals surface area (Å²) in [5, 5.41) is 0. The van der Waals surface area contributed by atoms with Crippen LogP contribution in [0.15, 0.2) is 6.33 Å². The Balaban J connectivity index is 1.39. The second-order valence-electron chi connectivity index (χ2n) is 8.28. The second-order valence-corrected chi connectivity index (χ2v) is 8.28. The molecular formula is C21H35N5. The molecule has 3 aliphatic rings. The highest BCUT2D eigenvalue weighted by Crippen LogP contribution is 2.28. The largest absolute Gasteiger partial charge is 0.354 e. The molecule has 1 aromatic rings. The average Bonchev–Trinajstić information content (AvgIpc) is 2.84. The Kier molecular flexibility index (Phi) is 6.05. The van der Waals surface area contributed by atoms with Crippen molar-refractivity contribution in [2.45, 2.75) is 64.3 Å². The predicted octanol–water partition coefficient (Wildman–Crippen LogP) is 2.74. The maximum Gasteiger partial charge on any atom is 0.135 e. The molecule has 1 aromatic heterocycles. The van der Waals surface area contributed by atoms with Crippen molar-refractivity contribution in [1.82, 2.24) is 19.8 Å². The van der Waals surface area contributed by atoms with Gasteiger partial charge in [-0.25, -0.2) is 9.97 Å². The second kappa shape index (κ2) is 8.66. The van der Waals surface area contributed by atoms with Crippen molar-refractivity contribution in [3.05, 3.63) is 17.6 Å². The molecular weight excluding hydrogens is 322 g/mol. The molecule has 0 bridgehead atoms. The minimum absolute atomic E-state index is 0.872. The van der Waals surface area contributed by atoms with Gasteiger partial charge in [0.15, 0.2) is 0 Å². The first-order chi connectivity index (χ1) is 12.8. The Bertz CT molecular complexity index is 578. The molecule has 5 heteroatoms. The smallest absolute Gasteiger partial charge is 0.135 e. The van der Waals surface area contributed by atoms with Gasteiger partial charge in [-0.3, -0.25) is 4.90 Å². The molecule has 26 heavy (non-hydrogen) atoms. The first kappa shape index (κ1) is 18.2. The van der Waals surface area contributed by atoms with Crippen molar-refractivity contribution < 1.29 is 0 Å². The summed E-state index contributed by atoms with van der Waals surface area (Å²) in [4.78, 5) is 17.3. The Hall–Kier alpha value is -1.20. The van der Waals surface area contributed by atoms with Crippen molar-refractivity contribution in [1.29, 1.82) is 0 Å². The van der Waals surface area contributed by atoms with E-state index in [1.807, 2.05) is 0 Å². The van der Waals surface area contributed by atoms with Gasteiger partial charge in [0.05, 0.1) is 5.69 Å². The topological polar surface area (TPSA) is 35.5 Å². The lowest BCUT2D eigenvalue weighted by Crippen LogP contribution is -2.52. The zero-order chi connectivity index (χ0) is 17.8. The van der Waals surface area contributed by atoms with Crippen molar-refractivity contribution in [2.75, 3.05) is 50.7 Å². The Labute approximate surface area is 158 Å². The van der Waals surface area contributed by atoms with E-state index >= 15 is 0 Å². The zero-order valence-electron chi connectivity index (χ0n) is 16.5. The van der Waals surface area contributed by atoms with Gasteiger partial charge in [0.25, 0.3) is 0 Å². The van der Waals surface area contributed by atoms with E-state index in [0.717, 1.165) is 38.5 Å². The van der Waals surface area contributed by atoms with E-state index in [4.69, 9.17) is 4.98 Å². The highest BCUT2D eigenvalue weighted by atomic mass is 15.3. The van der Waals surface area contributed by atoms with Gasteiger partial charge in [0.1, 0.15) is 12.1 Å². The van der Waals surface area contributed by atoms with Gasteiger partial charge in [-0.05, 0) is 32.2 Å². The zero-order valence-corrected chi connectivity index (χ0v) is 16.5. The van der Waals surface area contributed by atoms with Gasteiger partial charge in [0, 0.05) is 57.3 Å². The summed E-state index contributed by atoms with van der Waals surface area (Å²) in [7, 11) is 0. The molecule has 4 rings (SSSR count). The minimum atomic E-state index is 0.872. The first-order valence-electron chi connectivity index (χ1n) is 10.9. The fourth-order valence-electron chi connectivity index (χ4n) is 4.69. The van der Waals surface area contributed by atoms with E-state index in [1.165, 1.54) is 81.8 Å². The summed E-state index contributed by atoms with van der Waals surface area (Å²) in [5.74, 6) is 1.23. The monoisotopic (exact) mass is 357 g/mol. The van der Waals surface area contributed by atoms with Crippen LogP contribution < -0.4 is 4.90 Å². The van der Waals surface area contributed by atoms with E-state index in [0.29, 0.717) is 0 Å². The van der Waals surface area contributed by atoms with E-state index < -0.39 is 0 Å². The lowest BCUT2D eigenvalue weighted by molar-refractivity contribution is 0.120. The SMILES string of the molecule is CCCCCN1CCc2ncnc(N3CCN(C4CCC4)CC3)c2CC1. The van der Waals surface area contributed by atoms with E-state index in [9.17, 15) is 0 Å². The molecule has 0 aromatic carbocycles.